The van der Waals surface area contributed by atoms with Crippen LogP contribution in [0.2, 0.25) is 0 Å². The van der Waals surface area contributed by atoms with Crippen molar-refractivity contribution in [3.63, 3.8) is 0 Å². The highest BCUT2D eigenvalue weighted by atomic mass is 32.1. The van der Waals surface area contributed by atoms with Crippen LogP contribution in [0.5, 0.6) is 0 Å². The number of carboxylic acids is 1. The van der Waals surface area contributed by atoms with Crippen LogP contribution in [0.4, 0.5) is 0 Å². The first-order chi connectivity index (χ1) is 4.13. The van der Waals surface area contributed by atoms with E-state index in [0.717, 1.165) is 0 Å². The van der Waals surface area contributed by atoms with Gasteiger partial charge in [-0.1, -0.05) is 19.1 Å². The molecule has 0 aromatic carbocycles. The number of carboxylic acid groups (broad SMARTS) is 1. The molecule has 0 aromatic rings. The molecule has 1 atom stereocenters. The molecular weight excluding hydrogens is 136 g/mol. The monoisotopic (exact) mass is 146 g/mol. The highest BCUT2D eigenvalue weighted by Crippen LogP contribution is 1.94. The Bertz CT molecular complexity index is 118. The second-order valence-corrected chi connectivity index (χ2v) is 2.58. The summed E-state index contributed by atoms with van der Waals surface area (Å²) >= 11 is 4.02. The van der Waals surface area contributed by atoms with Crippen molar-refractivity contribution in [2.75, 3.05) is 0 Å². The van der Waals surface area contributed by atoms with Crippen molar-refractivity contribution in [3.05, 3.63) is 12.2 Å². The summed E-state index contributed by atoms with van der Waals surface area (Å²) in [6.45, 7) is 1.88. The van der Waals surface area contributed by atoms with E-state index >= 15 is 0 Å². The molecule has 1 N–H and O–H groups in total. The quantitative estimate of drug-likeness (QED) is 0.465. The SMILES string of the molecule is CC(S)/C=C/CC(=O)O. The minimum Gasteiger partial charge on any atom is -0.481 e. The van der Waals surface area contributed by atoms with E-state index < -0.39 is 5.97 Å². The van der Waals surface area contributed by atoms with E-state index in [1.807, 2.05) is 6.92 Å². The lowest BCUT2D eigenvalue weighted by molar-refractivity contribution is -0.136. The first-order valence-corrected chi connectivity index (χ1v) is 3.21. The lowest BCUT2D eigenvalue weighted by Crippen LogP contribution is -1.91. The zero-order valence-corrected chi connectivity index (χ0v) is 6.14. The molecule has 0 aromatic heterocycles. The van der Waals surface area contributed by atoms with Gasteiger partial charge in [-0.15, -0.1) is 0 Å². The third-order valence-electron chi connectivity index (χ3n) is 0.707. The van der Waals surface area contributed by atoms with Gasteiger partial charge in [0.2, 0.25) is 0 Å². The molecule has 0 amide bonds. The standard InChI is InChI=1S/C6H10O2S/c1-5(9)3-2-4-6(7)8/h2-3,5,9H,4H2,1H3,(H,7,8)/b3-2+. The van der Waals surface area contributed by atoms with Gasteiger partial charge in [0.1, 0.15) is 0 Å². The van der Waals surface area contributed by atoms with Crippen LogP contribution < -0.4 is 0 Å². The Morgan fingerprint density at radius 2 is 2.44 bits per heavy atom. The molecule has 0 saturated heterocycles. The minimum absolute atomic E-state index is 0.0882. The average molecular weight is 146 g/mol. The van der Waals surface area contributed by atoms with Crippen molar-refractivity contribution >= 4 is 18.6 Å². The number of aliphatic carboxylic acids is 1. The highest BCUT2D eigenvalue weighted by Gasteiger charge is 1.89. The lowest BCUT2D eigenvalue weighted by atomic mass is 10.3. The van der Waals surface area contributed by atoms with E-state index in [9.17, 15) is 4.79 Å². The molecule has 0 rings (SSSR count). The maximum absolute atomic E-state index is 9.90. The Balaban J connectivity index is 3.36. The van der Waals surface area contributed by atoms with Gasteiger partial charge in [-0.05, 0) is 0 Å². The van der Waals surface area contributed by atoms with Gasteiger partial charge >= 0.3 is 5.97 Å². The number of rotatable bonds is 3. The maximum Gasteiger partial charge on any atom is 0.307 e. The van der Waals surface area contributed by atoms with Crippen LogP contribution in [0.1, 0.15) is 13.3 Å². The van der Waals surface area contributed by atoms with Gasteiger partial charge < -0.3 is 5.11 Å². The molecule has 1 unspecified atom stereocenters. The number of hydrogen-bond acceptors (Lipinski definition) is 2. The molecule has 0 fully saturated rings. The second-order valence-electron chi connectivity index (χ2n) is 1.77. The van der Waals surface area contributed by atoms with Crippen molar-refractivity contribution < 1.29 is 9.90 Å². The van der Waals surface area contributed by atoms with Crippen molar-refractivity contribution in [2.24, 2.45) is 0 Å². The number of carbonyl (C=O) groups is 1. The van der Waals surface area contributed by atoms with Gasteiger partial charge in [-0.25, -0.2) is 0 Å². The summed E-state index contributed by atoms with van der Waals surface area (Å²) in [7, 11) is 0. The molecule has 0 aliphatic rings. The average Bonchev–Trinajstić information content (AvgIpc) is 1.63. The largest absolute Gasteiger partial charge is 0.481 e. The third kappa shape index (κ3) is 7.56. The second kappa shape index (κ2) is 4.44. The lowest BCUT2D eigenvalue weighted by Gasteiger charge is -1.89. The molecule has 0 heterocycles. The van der Waals surface area contributed by atoms with Crippen LogP contribution in [0, 0.1) is 0 Å². The van der Waals surface area contributed by atoms with Crippen molar-refractivity contribution in [1.29, 1.82) is 0 Å². The van der Waals surface area contributed by atoms with Crippen LogP contribution in [0.3, 0.4) is 0 Å². The summed E-state index contributed by atoms with van der Waals surface area (Å²) in [4.78, 5) is 9.90. The zero-order valence-electron chi connectivity index (χ0n) is 5.24. The minimum atomic E-state index is -0.805. The summed E-state index contributed by atoms with van der Waals surface area (Å²) in [6.07, 6.45) is 3.43. The van der Waals surface area contributed by atoms with Gasteiger partial charge in [-0.3, -0.25) is 4.79 Å². The fourth-order valence-corrected chi connectivity index (χ4v) is 0.488. The molecule has 0 spiro atoms. The highest BCUT2D eigenvalue weighted by molar-refractivity contribution is 7.81. The van der Waals surface area contributed by atoms with Crippen LogP contribution in [-0.4, -0.2) is 16.3 Å². The summed E-state index contributed by atoms with van der Waals surface area (Å²) in [5.41, 5.74) is 0. The third-order valence-corrected chi connectivity index (χ3v) is 0.879. The Morgan fingerprint density at radius 3 is 2.78 bits per heavy atom. The van der Waals surface area contributed by atoms with Crippen LogP contribution in [0.15, 0.2) is 12.2 Å². The van der Waals surface area contributed by atoms with E-state index in [1.165, 1.54) is 0 Å². The predicted octanol–water partition coefficient (Wildman–Crippen LogP) is 1.34. The topological polar surface area (TPSA) is 37.3 Å². The first-order valence-electron chi connectivity index (χ1n) is 2.69. The number of hydrogen-bond donors (Lipinski definition) is 2. The molecule has 0 aliphatic carbocycles. The van der Waals surface area contributed by atoms with E-state index in [1.54, 1.807) is 12.2 Å². The Hall–Kier alpha value is -0.440. The van der Waals surface area contributed by atoms with Crippen LogP contribution in [0.25, 0.3) is 0 Å². The van der Waals surface area contributed by atoms with Crippen molar-refractivity contribution in [2.45, 2.75) is 18.6 Å². The summed E-state index contributed by atoms with van der Waals surface area (Å²) < 4.78 is 0. The fourth-order valence-electron chi connectivity index (χ4n) is 0.366. The van der Waals surface area contributed by atoms with Gasteiger partial charge in [0.15, 0.2) is 0 Å². The zero-order chi connectivity index (χ0) is 7.28. The van der Waals surface area contributed by atoms with E-state index in [0.29, 0.717) is 0 Å². The Kier molecular flexibility index (Phi) is 4.22. The number of thiol groups is 1. The van der Waals surface area contributed by atoms with E-state index in [-0.39, 0.29) is 11.7 Å². The Morgan fingerprint density at radius 1 is 1.89 bits per heavy atom. The van der Waals surface area contributed by atoms with Crippen molar-refractivity contribution in [1.82, 2.24) is 0 Å². The molecule has 3 heteroatoms. The summed E-state index contributed by atoms with van der Waals surface area (Å²) in [5, 5.41) is 8.29. The van der Waals surface area contributed by atoms with E-state index in [4.69, 9.17) is 5.11 Å². The molecule has 0 radical (unpaired) electrons. The normalized spacial score (nSPS) is 14.0. The maximum atomic E-state index is 9.90. The Labute approximate surface area is 60.0 Å². The molecule has 9 heavy (non-hydrogen) atoms. The molecule has 0 bridgehead atoms. The van der Waals surface area contributed by atoms with Gasteiger partial charge in [-0.2, -0.15) is 12.6 Å². The first kappa shape index (κ1) is 8.56. The molecule has 52 valence electrons. The smallest absolute Gasteiger partial charge is 0.307 e. The van der Waals surface area contributed by atoms with Crippen LogP contribution >= 0.6 is 12.6 Å². The molecular formula is C6H10O2S. The molecule has 0 saturated carbocycles. The van der Waals surface area contributed by atoms with Gasteiger partial charge in [0.05, 0.1) is 6.42 Å². The summed E-state index contributed by atoms with van der Waals surface area (Å²) in [5.74, 6) is -0.805. The molecule has 0 aliphatic heterocycles. The van der Waals surface area contributed by atoms with E-state index in [2.05, 4.69) is 12.6 Å². The van der Waals surface area contributed by atoms with Gasteiger partial charge in [0, 0.05) is 5.25 Å². The van der Waals surface area contributed by atoms with Crippen molar-refractivity contribution in [3.8, 4) is 0 Å². The fraction of sp³-hybridized carbons (Fsp3) is 0.500. The van der Waals surface area contributed by atoms with Crippen LogP contribution in [-0.2, 0) is 4.79 Å². The molecule has 2 nitrogen and oxygen atoms in total. The summed E-state index contributed by atoms with van der Waals surface area (Å²) in [6, 6.07) is 0. The van der Waals surface area contributed by atoms with Gasteiger partial charge in [0.25, 0.3) is 0 Å². The predicted molar refractivity (Wildman–Crippen MR) is 39.8 cm³/mol.